The maximum atomic E-state index is 6.10. The zero-order chi connectivity index (χ0) is 13.8. The lowest BCUT2D eigenvalue weighted by Gasteiger charge is -2.15. The Labute approximate surface area is 129 Å². The first-order valence-electron chi connectivity index (χ1n) is 6.16. The summed E-state index contributed by atoms with van der Waals surface area (Å²) in [5, 5.41) is 1.18. The van der Waals surface area contributed by atoms with E-state index >= 15 is 0 Å². The molecule has 0 aromatic heterocycles. The summed E-state index contributed by atoms with van der Waals surface area (Å²) in [6, 6.07) is 14.3. The van der Waals surface area contributed by atoms with Crippen LogP contribution >= 0.6 is 34.8 Å². The van der Waals surface area contributed by atoms with E-state index in [0.29, 0.717) is 21.8 Å². The number of aryl methyl sites for hydroxylation is 1. The molecule has 2 aromatic rings. The van der Waals surface area contributed by atoms with Crippen molar-refractivity contribution in [3.8, 4) is 0 Å². The van der Waals surface area contributed by atoms with Crippen molar-refractivity contribution < 1.29 is 0 Å². The molecular formula is C16H15Cl3. The van der Waals surface area contributed by atoms with Gasteiger partial charge in [0, 0.05) is 11.8 Å². The number of halogens is 3. The van der Waals surface area contributed by atoms with E-state index in [1.165, 1.54) is 11.1 Å². The van der Waals surface area contributed by atoms with E-state index in [0.717, 1.165) is 12.0 Å². The van der Waals surface area contributed by atoms with Gasteiger partial charge in [-0.3, -0.25) is 0 Å². The first kappa shape index (κ1) is 14.7. The van der Waals surface area contributed by atoms with Crippen molar-refractivity contribution in [1.82, 2.24) is 0 Å². The molecular weight excluding hydrogens is 299 g/mol. The Bertz CT molecular complexity index is 546. The normalized spacial score (nSPS) is 12.4. The molecule has 2 aromatic carbocycles. The molecule has 0 aliphatic carbocycles. The second-order valence-electron chi connectivity index (χ2n) is 4.71. The lowest BCUT2D eigenvalue weighted by Crippen LogP contribution is -2.04. The molecule has 0 spiro atoms. The molecule has 0 amide bonds. The standard InChI is InChI=1S/C16H15Cl3/c1-11-2-5-13(6-3-11)14(10-17)8-12-4-7-15(18)16(19)9-12/h2-7,9,14H,8,10H2,1H3. The van der Waals surface area contributed by atoms with Crippen LogP contribution in [0.1, 0.15) is 22.6 Å². The molecule has 0 heterocycles. The van der Waals surface area contributed by atoms with Gasteiger partial charge in [-0.25, -0.2) is 0 Å². The van der Waals surface area contributed by atoms with Crippen LogP contribution in [0.3, 0.4) is 0 Å². The largest absolute Gasteiger partial charge is 0.126 e. The van der Waals surface area contributed by atoms with Gasteiger partial charge in [0.25, 0.3) is 0 Å². The van der Waals surface area contributed by atoms with Crippen LogP contribution in [0.15, 0.2) is 42.5 Å². The first-order valence-corrected chi connectivity index (χ1v) is 7.45. The second-order valence-corrected chi connectivity index (χ2v) is 5.84. The quantitative estimate of drug-likeness (QED) is 0.619. The molecule has 0 aliphatic heterocycles. The molecule has 3 heteroatoms. The second kappa shape index (κ2) is 6.65. The zero-order valence-electron chi connectivity index (χ0n) is 10.7. The van der Waals surface area contributed by atoms with Crippen molar-refractivity contribution in [3.63, 3.8) is 0 Å². The van der Waals surface area contributed by atoms with Crippen molar-refractivity contribution in [2.45, 2.75) is 19.3 Å². The fourth-order valence-electron chi connectivity index (χ4n) is 2.05. The van der Waals surface area contributed by atoms with E-state index in [9.17, 15) is 0 Å². The maximum absolute atomic E-state index is 6.10. The predicted molar refractivity (Wildman–Crippen MR) is 84.8 cm³/mol. The van der Waals surface area contributed by atoms with Gasteiger partial charge in [-0.05, 0) is 36.6 Å². The van der Waals surface area contributed by atoms with Crippen molar-refractivity contribution in [3.05, 3.63) is 69.2 Å². The van der Waals surface area contributed by atoms with Crippen LogP contribution in [-0.2, 0) is 6.42 Å². The molecule has 0 nitrogen and oxygen atoms in total. The van der Waals surface area contributed by atoms with Gasteiger partial charge in [-0.1, -0.05) is 59.1 Å². The Balaban J connectivity index is 2.18. The monoisotopic (exact) mass is 312 g/mol. The van der Waals surface area contributed by atoms with Crippen molar-refractivity contribution in [1.29, 1.82) is 0 Å². The molecule has 0 fully saturated rings. The average Bonchev–Trinajstić information content (AvgIpc) is 2.41. The fraction of sp³-hybridized carbons (Fsp3) is 0.250. The molecule has 19 heavy (non-hydrogen) atoms. The van der Waals surface area contributed by atoms with Gasteiger partial charge in [0.05, 0.1) is 10.0 Å². The van der Waals surface area contributed by atoms with Gasteiger partial charge in [0.15, 0.2) is 0 Å². The Morgan fingerprint density at radius 2 is 1.63 bits per heavy atom. The third kappa shape index (κ3) is 3.89. The highest BCUT2D eigenvalue weighted by atomic mass is 35.5. The van der Waals surface area contributed by atoms with Crippen LogP contribution in [0.25, 0.3) is 0 Å². The van der Waals surface area contributed by atoms with E-state index in [1.54, 1.807) is 0 Å². The fourth-order valence-corrected chi connectivity index (χ4v) is 2.66. The first-order chi connectivity index (χ1) is 9.10. The molecule has 1 unspecified atom stereocenters. The minimum Gasteiger partial charge on any atom is -0.126 e. The van der Waals surface area contributed by atoms with Crippen LogP contribution in [0.5, 0.6) is 0 Å². The van der Waals surface area contributed by atoms with Crippen LogP contribution in [0, 0.1) is 6.92 Å². The number of rotatable bonds is 4. The Kier molecular flexibility index (Phi) is 5.15. The highest BCUT2D eigenvalue weighted by molar-refractivity contribution is 6.42. The number of alkyl halides is 1. The van der Waals surface area contributed by atoms with Crippen molar-refractivity contribution in [2.75, 3.05) is 5.88 Å². The average molecular weight is 314 g/mol. The lowest BCUT2D eigenvalue weighted by molar-refractivity contribution is 0.766. The van der Waals surface area contributed by atoms with Crippen LogP contribution in [0.4, 0.5) is 0 Å². The molecule has 1 atom stereocenters. The van der Waals surface area contributed by atoms with Gasteiger partial charge in [0.1, 0.15) is 0 Å². The topological polar surface area (TPSA) is 0 Å². The molecule has 0 N–H and O–H groups in total. The predicted octanol–water partition coefficient (Wildman–Crippen LogP) is 5.87. The molecule has 0 bridgehead atoms. The number of hydrogen-bond acceptors (Lipinski definition) is 0. The summed E-state index contributed by atoms with van der Waals surface area (Å²) in [6.45, 7) is 2.08. The van der Waals surface area contributed by atoms with E-state index in [-0.39, 0.29) is 0 Å². The third-order valence-electron chi connectivity index (χ3n) is 3.20. The van der Waals surface area contributed by atoms with E-state index in [1.807, 2.05) is 18.2 Å². The third-order valence-corrected chi connectivity index (χ3v) is 4.31. The Hall–Kier alpha value is -0.690. The molecule has 0 aliphatic rings. The highest BCUT2D eigenvalue weighted by Crippen LogP contribution is 2.27. The number of benzene rings is 2. The minimum atomic E-state index is 0.291. The summed E-state index contributed by atoms with van der Waals surface area (Å²) >= 11 is 18.1. The lowest BCUT2D eigenvalue weighted by atomic mass is 9.93. The van der Waals surface area contributed by atoms with Gasteiger partial charge in [0.2, 0.25) is 0 Å². The van der Waals surface area contributed by atoms with E-state index in [2.05, 4.69) is 31.2 Å². The summed E-state index contributed by atoms with van der Waals surface area (Å²) in [5.74, 6) is 0.878. The SMILES string of the molecule is Cc1ccc(C(CCl)Cc2ccc(Cl)c(Cl)c2)cc1. The molecule has 0 radical (unpaired) electrons. The van der Waals surface area contributed by atoms with Gasteiger partial charge < -0.3 is 0 Å². The van der Waals surface area contributed by atoms with Gasteiger partial charge >= 0.3 is 0 Å². The van der Waals surface area contributed by atoms with E-state index < -0.39 is 0 Å². The summed E-state index contributed by atoms with van der Waals surface area (Å²) in [5.41, 5.74) is 3.67. The van der Waals surface area contributed by atoms with Crippen LogP contribution in [0.2, 0.25) is 10.0 Å². The Morgan fingerprint density at radius 1 is 0.947 bits per heavy atom. The number of hydrogen-bond donors (Lipinski definition) is 0. The van der Waals surface area contributed by atoms with Crippen LogP contribution in [-0.4, -0.2) is 5.88 Å². The Morgan fingerprint density at radius 3 is 2.21 bits per heavy atom. The van der Waals surface area contributed by atoms with Crippen molar-refractivity contribution >= 4 is 34.8 Å². The van der Waals surface area contributed by atoms with Gasteiger partial charge in [-0.2, -0.15) is 0 Å². The molecule has 2 rings (SSSR count). The summed E-state index contributed by atoms with van der Waals surface area (Å²) in [7, 11) is 0. The van der Waals surface area contributed by atoms with E-state index in [4.69, 9.17) is 34.8 Å². The molecule has 0 saturated carbocycles. The minimum absolute atomic E-state index is 0.291. The smallest absolute Gasteiger partial charge is 0.0595 e. The zero-order valence-corrected chi connectivity index (χ0v) is 12.9. The van der Waals surface area contributed by atoms with Crippen molar-refractivity contribution in [2.24, 2.45) is 0 Å². The summed E-state index contributed by atoms with van der Waals surface area (Å²) in [6.07, 6.45) is 0.865. The molecule has 0 saturated heterocycles. The highest BCUT2D eigenvalue weighted by Gasteiger charge is 2.12. The molecule has 100 valence electrons. The summed E-state index contributed by atoms with van der Waals surface area (Å²) in [4.78, 5) is 0. The summed E-state index contributed by atoms with van der Waals surface area (Å²) < 4.78 is 0. The maximum Gasteiger partial charge on any atom is 0.0595 e. The van der Waals surface area contributed by atoms with Gasteiger partial charge in [-0.15, -0.1) is 11.6 Å². The van der Waals surface area contributed by atoms with Crippen LogP contribution < -0.4 is 0 Å².